The topological polar surface area (TPSA) is 61.8 Å². The molecule has 0 aliphatic carbocycles. The van der Waals surface area contributed by atoms with Gasteiger partial charge >= 0.3 is 0 Å². The highest BCUT2D eigenvalue weighted by Gasteiger charge is 2.07. The van der Waals surface area contributed by atoms with Crippen molar-refractivity contribution in [3.05, 3.63) is 34.1 Å². The van der Waals surface area contributed by atoms with Gasteiger partial charge in [-0.2, -0.15) is 0 Å². The van der Waals surface area contributed by atoms with Gasteiger partial charge in [0.2, 0.25) is 0 Å². The Labute approximate surface area is 114 Å². The van der Waals surface area contributed by atoms with Crippen LogP contribution in [-0.4, -0.2) is 29.0 Å². The number of nitrogens with two attached hydrogens (primary N) is 1. The minimum atomic E-state index is -0.258. The number of rotatable bonds is 6. The number of nitrogens with zero attached hydrogens (tertiary/aromatic N) is 2. The van der Waals surface area contributed by atoms with Crippen LogP contribution in [0.2, 0.25) is 0 Å². The lowest BCUT2D eigenvalue weighted by Crippen LogP contribution is -2.27. The molecule has 0 saturated carbocycles. The molecule has 0 aliphatic heterocycles. The van der Waals surface area contributed by atoms with Crippen LogP contribution in [0, 0.1) is 5.82 Å². The average Bonchev–Trinajstić information content (AvgIpc) is 2.32. The van der Waals surface area contributed by atoms with Crippen LogP contribution in [0.25, 0.3) is 0 Å². The van der Waals surface area contributed by atoms with Crippen molar-refractivity contribution in [2.45, 2.75) is 19.9 Å². The first kappa shape index (κ1) is 14.9. The average molecular weight is 318 g/mol. The Kier molecular flexibility index (Phi) is 6.07. The van der Waals surface area contributed by atoms with Crippen LogP contribution in [0.3, 0.4) is 0 Å². The molecule has 0 unspecified atom stereocenters. The van der Waals surface area contributed by atoms with E-state index in [0.717, 1.165) is 16.6 Å². The highest BCUT2D eigenvalue weighted by molar-refractivity contribution is 9.10. The van der Waals surface area contributed by atoms with Crippen molar-refractivity contribution in [3.8, 4) is 0 Å². The van der Waals surface area contributed by atoms with E-state index < -0.39 is 0 Å². The maximum absolute atomic E-state index is 13.2. The first-order chi connectivity index (χ1) is 8.55. The van der Waals surface area contributed by atoms with Gasteiger partial charge in [-0.25, -0.2) is 4.39 Å². The van der Waals surface area contributed by atoms with E-state index in [1.165, 1.54) is 12.1 Å². The summed E-state index contributed by atoms with van der Waals surface area (Å²) in [6.07, 6.45) is 0.487. The molecule has 1 aromatic carbocycles. The van der Waals surface area contributed by atoms with Gasteiger partial charge in [-0.3, -0.25) is 4.90 Å². The molecule has 0 spiro atoms. The molecule has 0 heterocycles. The largest absolute Gasteiger partial charge is 0.409 e. The second-order valence-electron chi connectivity index (χ2n) is 3.99. The molecule has 6 heteroatoms. The van der Waals surface area contributed by atoms with Crippen molar-refractivity contribution in [3.63, 3.8) is 0 Å². The monoisotopic (exact) mass is 317 g/mol. The van der Waals surface area contributed by atoms with Gasteiger partial charge in [-0.1, -0.05) is 28.0 Å². The van der Waals surface area contributed by atoms with Crippen LogP contribution >= 0.6 is 15.9 Å². The van der Waals surface area contributed by atoms with E-state index in [2.05, 4.69) is 26.0 Å². The summed E-state index contributed by atoms with van der Waals surface area (Å²) in [4.78, 5) is 2.10. The molecule has 0 bridgehead atoms. The third-order valence-corrected chi connectivity index (χ3v) is 3.05. The summed E-state index contributed by atoms with van der Waals surface area (Å²) < 4.78 is 14.0. The molecule has 0 amide bonds. The van der Waals surface area contributed by atoms with Gasteiger partial charge in [0.05, 0.1) is 0 Å². The van der Waals surface area contributed by atoms with Gasteiger partial charge in [0.15, 0.2) is 0 Å². The second kappa shape index (κ2) is 7.33. The Balaban J connectivity index is 2.62. The van der Waals surface area contributed by atoms with Crippen LogP contribution in [-0.2, 0) is 6.54 Å². The number of halogens is 2. The Bertz CT molecular complexity index is 406. The van der Waals surface area contributed by atoms with Gasteiger partial charge in [0, 0.05) is 24.0 Å². The van der Waals surface area contributed by atoms with Crippen LogP contribution < -0.4 is 5.73 Å². The highest BCUT2D eigenvalue weighted by Crippen LogP contribution is 2.16. The molecule has 0 aliphatic rings. The minimum Gasteiger partial charge on any atom is -0.409 e. The smallest absolute Gasteiger partial charge is 0.140 e. The standard InChI is InChI=1S/C12H17BrFN3O/c1-2-17(4-3-12(15)16-18)8-9-5-10(13)7-11(14)6-9/h5-7,18H,2-4,8H2,1H3,(H2,15,16). The van der Waals surface area contributed by atoms with Gasteiger partial charge < -0.3 is 10.9 Å². The molecule has 1 aromatic rings. The summed E-state index contributed by atoms with van der Waals surface area (Å²) in [5.74, 6) is -0.0549. The van der Waals surface area contributed by atoms with E-state index in [0.29, 0.717) is 19.5 Å². The van der Waals surface area contributed by atoms with E-state index in [9.17, 15) is 4.39 Å². The zero-order valence-corrected chi connectivity index (χ0v) is 11.8. The van der Waals surface area contributed by atoms with Crippen molar-refractivity contribution in [2.75, 3.05) is 13.1 Å². The van der Waals surface area contributed by atoms with E-state index in [4.69, 9.17) is 10.9 Å². The van der Waals surface area contributed by atoms with Gasteiger partial charge in [-0.15, -0.1) is 0 Å². The van der Waals surface area contributed by atoms with Crippen LogP contribution in [0.15, 0.2) is 27.8 Å². The molecule has 0 aromatic heterocycles. The Morgan fingerprint density at radius 2 is 2.22 bits per heavy atom. The zero-order valence-electron chi connectivity index (χ0n) is 10.2. The fraction of sp³-hybridized carbons (Fsp3) is 0.417. The first-order valence-electron chi connectivity index (χ1n) is 5.69. The van der Waals surface area contributed by atoms with Gasteiger partial charge in [0.25, 0.3) is 0 Å². The molecule has 1 rings (SSSR count). The normalized spacial score (nSPS) is 12.1. The first-order valence-corrected chi connectivity index (χ1v) is 6.48. The Morgan fingerprint density at radius 1 is 1.50 bits per heavy atom. The van der Waals surface area contributed by atoms with Crippen LogP contribution in [0.1, 0.15) is 18.9 Å². The van der Waals surface area contributed by atoms with E-state index in [-0.39, 0.29) is 11.7 Å². The van der Waals surface area contributed by atoms with E-state index in [1.807, 2.05) is 13.0 Å². The van der Waals surface area contributed by atoms with Gasteiger partial charge in [-0.05, 0) is 30.3 Å². The second-order valence-corrected chi connectivity index (χ2v) is 4.90. The summed E-state index contributed by atoms with van der Waals surface area (Å²) in [6.45, 7) is 4.12. The SMILES string of the molecule is CCN(CCC(N)=NO)Cc1cc(F)cc(Br)c1. The summed E-state index contributed by atoms with van der Waals surface area (Å²) in [6, 6.07) is 4.82. The van der Waals surface area contributed by atoms with E-state index >= 15 is 0 Å². The fourth-order valence-electron chi connectivity index (χ4n) is 1.63. The van der Waals surface area contributed by atoms with Crippen molar-refractivity contribution in [2.24, 2.45) is 10.9 Å². The third kappa shape index (κ3) is 5.01. The molecule has 4 nitrogen and oxygen atoms in total. The zero-order chi connectivity index (χ0) is 13.5. The van der Waals surface area contributed by atoms with Crippen LogP contribution in [0.5, 0.6) is 0 Å². The fourth-order valence-corrected chi connectivity index (χ4v) is 2.14. The lowest BCUT2D eigenvalue weighted by Gasteiger charge is -2.20. The maximum Gasteiger partial charge on any atom is 0.140 e. The maximum atomic E-state index is 13.2. The van der Waals surface area contributed by atoms with Gasteiger partial charge in [0.1, 0.15) is 11.7 Å². The van der Waals surface area contributed by atoms with E-state index in [1.54, 1.807) is 0 Å². The molecule has 3 N–H and O–H groups in total. The van der Waals surface area contributed by atoms with Crippen molar-refractivity contribution >= 4 is 21.8 Å². The molecule has 0 radical (unpaired) electrons. The quantitative estimate of drug-likeness (QED) is 0.367. The van der Waals surface area contributed by atoms with Crippen molar-refractivity contribution in [1.82, 2.24) is 4.90 Å². The number of hydrogen-bond donors (Lipinski definition) is 2. The number of amidine groups is 1. The predicted molar refractivity (Wildman–Crippen MR) is 73.1 cm³/mol. The molecular weight excluding hydrogens is 301 g/mol. The molecule has 0 atom stereocenters. The Hall–Kier alpha value is -1.14. The molecular formula is C12H17BrFN3O. The van der Waals surface area contributed by atoms with Crippen molar-refractivity contribution in [1.29, 1.82) is 0 Å². The summed E-state index contributed by atoms with van der Waals surface area (Å²) in [5.41, 5.74) is 6.32. The number of hydrogen-bond acceptors (Lipinski definition) is 3. The van der Waals surface area contributed by atoms with Crippen LogP contribution in [0.4, 0.5) is 4.39 Å². The predicted octanol–water partition coefficient (Wildman–Crippen LogP) is 2.55. The highest BCUT2D eigenvalue weighted by atomic mass is 79.9. The third-order valence-electron chi connectivity index (χ3n) is 2.59. The minimum absolute atomic E-state index is 0.203. The lowest BCUT2D eigenvalue weighted by atomic mass is 10.2. The summed E-state index contributed by atoms with van der Waals surface area (Å²) in [5, 5.41) is 11.4. The number of oxime groups is 1. The molecule has 0 fully saturated rings. The van der Waals surface area contributed by atoms with Crippen molar-refractivity contribution < 1.29 is 9.60 Å². The Morgan fingerprint density at radius 3 is 2.78 bits per heavy atom. The molecule has 100 valence electrons. The number of benzene rings is 1. The molecule has 18 heavy (non-hydrogen) atoms. The lowest BCUT2D eigenvalue weighted by molar-refractivity contribution is 0.282. The summed E-state index contributed by atoms with van der Waals surface area (Å²) in [7, 11) is 0. The summed E-state index contributed by atoms with van der Waals surface area (Å²) >= 11 is 3.27. The molecule has 0 saturated heterocycles.